The van der Waals surface area contributed by atoms with Crippen LogP contribution in [0.1, 0.15) is 9.67 Å². The summed E-state index contributed by atoms with van der Waals surface area (Å²) in [5.41, 5.74) is 0.418. The van der Waals surface area contributed by atoms with Crippen LogP contribution in [0.5, 0.6) is 0 Å². The molecule has 0 spiro atoms. The number of carbonyl (C=O) groups is 3. The summed E-state index contributed by atoms with van der Waals surface area (Å²) in [7, 11) is 1.29. The number of hydrogen-bond donors (Lipinski definition) is 1. The first kappa shape index (κ1) is 13.9. The average molecular weight is 300 g/mol. The minimum Gasteiger partial charge on any atom is -0.465 e. The summed E-state index contributed by atoms with van der Waals surface area (Å²) in [6, 6.07) is 1.63. The van der Waals surface area contributed by atoms with Crippen LogP contribution in [0.25, 0.3) is 0 Å². The zero-order valence-corrected chi connectivity index (χ0v) is 11.8. The molecule has 2 amide bonds. The molecule has 0 bridgehead atoms. The Balaban J connectivity index is 1.97. The van der Waals surface area contributed by atoms with E-state index in [-0.39, 0.29) is 17.7 Å². The van der Waals surface area contributed by atoms with Gasteiger partial charge >= 0.3 is 5.97 Å². The normalized spacial score (nSPS) is 14.6. The Kier molecular flexibility index (Phi) is 4.43. The van der Waals surface area contributed by atoms with Crippen LogP contribution < -0.4 is 5.32 Å². The Bertz CT molecular complexity index is 515. The number of anilines is 1. The van der Waals surface area contributed by atoms with Crippen molar-refractivity contribution in [3.63, 3.8) is 0 Å². The number of carbonyl (C=O) groups excluding carboxylic acids is 3. The van der Waals surface area contributed by atoms with Gasteiger partial charge in [0.25, 0.3) is 5.24 Å². The fourth-order valence-corrected chi connectivity index (χ4v) is 3.18. The van der Waals surface area contributed by atoms with Gasteiger partial charge in [-0.2, -0.15) is 0 Å². The second kappa shape index (κ2) is 6.07. The molecular formula is C11H12N2O4S2. The van der Waals surface area contributed by atoms with Crippen LogP contribution in [0.2, 0.25) is 0 Å². The van der Waals surface area contributed by atoms with Crippen molar-refractivity contribution in [1.82, 2.24) is 4.90 Å². The smallest absolute Gasteiger partial charge is 0.350 e. The van der Waals surface area contributed by atoms with Gasteiger partial charge in [-0.25, -0.2) is 4.79 Å². The predicted molar refractivity (Wildman–Crippen MR) is 73.7 cm³/mol. The third-order valence-electron chi connectivity index (χ3n) is 2.49. The fraction of sp³-hybridized carbons (Fsp3) is 0.364. The molecule has 0 saturated carbocycles. The number of amides is 2. The van der Waals surface area contributed by atoms with E-state index >= 15 is 0 Å². The van der Waals surface area contributed by atoms with E-state index in [1.54, 1.807) is 11.4 Å². The van der Waals surface area contributed by atoms with E-state index in [1.165, 1.54) is 35.1 Å². The SMILES string of the molecule is COC(=O)c1sccc1NC(=O)CN1CCSC1=O. The number of methoxy groups -OCH3 is 1. The van der Waals surface area contributed by atoms with E-state index < -0.39 is 5.97 Å². The predicted octanol–water partition coefficient (Wildman–Crippen LogP) is 1.64. The number of ether oxygens (including phenoxy) is 1. The van der Waals surface area contributed by atoms with Gasteiger partial charge in [0.1, 0.15) is 11.4 Å². The van der Waals surface area contributed by atoms with Crippen LogP contribution in [-0.2, 0) is 9.53 Å². The molecule has 0 atom stereocenters. The van der Waals surface area contributed by atoms with E-state index in [1.807, 2.05) is 0 Å². The molecule has 102 valence electrons. The van der Waals surface area contributed by atoms with Crippen LogP contribution in [0, 0.1) is 0 Å². The van der Waals surface area contributed by atoms with Crippen molar-refractivity contribution < 1.29 is 19.1 Å². The van der Waals surface area contributed by atoms with Crippen molar-refractivity contribution in [1.29, 1.82) is 0 Å². The molecule has 1 aliphatic heterocycles. The summed E-state index contributed by atoms with van der Waals surface area (Å²) in [6.45, 7) is 0.576. The highest BCUT2D eigenvalue weighted by molar-refractivity contribution is 8.13. The lowest BCUT2D eigenvalue weighted by molar-refractivity contribution is -0.116. The molecule has 1 aromatic rings. The number of nitrogens with one attached hydrogen (secondary N) is 1. The van der Waals surface area contributed by atoms with E-state index in [4.69, 9.17) is 0 Å². The zero-order chi connectivity index (χ0) is 13.8. The molecule has 1 aliphatic rings. The van der Waals surface area contributed by atoms with Crippen molar-refractivity contribution in [3.05, 3.63) is 16.3 Å². The molecule has 8 heteroatoms. The van der Waals surface area contributed by atoms with Crippen LogP contribution in [0.4, 0.5) is 10.5 Å². The van der Waals surface area contributed by atoms with Crippen molar-refractivity contribution in [3.8, 4) is 0 Å². The van der Waals surface area contributed by atoms with Gasteiger partial charge in [0.05, 0.1) is 12.8 Å². The van der Waals surface area contributed by atoms with E-state index in [0.29, 0.717) is 22.9 Å². The van der Waals surface area contributed by atoms with E-state index in [9.17, 15) is 14.4 Å². The van der Waals surface area contributed by atoms with Crippen LogP contribution in [-0.4, -0.2) is 48.0 Å². The highest BCUT2D eigenvalue weighted by atomic mass is 32.2. The van der Waals surface area contributed by atoms with Gasteiger partial charge < -0.3 is 15.0 Å². The lowest BCUT2D eigenvalue weighted by Crippen LogP contribution is -2.33. The molecule has 0 radical (unpaired) electrons. The number of nitrogens with zero attached hydrogens (tertiary/aromatic N) is 1. The minimum absolute atomic E-state index is 0.00227. The third-order valence-corrected chi connectivity index (χ3v) is 4.28. The molecule has 2 rings (SSSR count). The van der Waals surface area contributed by atoms with Gasteiger partial charge in [-0.05, 0) is 11.4 Å². The largest absolute Gasteiger partial charge is 0.465 e. The topological polar surface area (TPSA) is 75.7 Å². The second-order valence-electron chi connectivity index (χ2n) is 3.74. The summed E-state index contributed by atoms with van der Waals surface area (Å²) in [5, 5.41) is 4.22. The summed E-state index contributed by atoms with van der Waals surface area (Å²) >= 11 is 2.40. The number of thioether (sulfide) groups is 1. The molecule has 6 nitrogen and oxygen atoms in total. The van der Waals surface area contributed by atoms with Crippen molar-refractivity contribution in [2.75, 3.05) is 31.3 Å². The van der Waals surface area contributed by atoms with Gasteiger partial charge in [-0.15, -0.1) is 11.3 Å². The molecule has 0 aliphatic carbocycles. The fourth-order valence-electron chi connectivity index (χ4n) is 1.59. The number of thiophene rings is 1. The third kappa shape index (κ3) is 3.27. The maximum Gasteiger partial charge on any atom is 0.350 e. The van der Waals surface area contributed by atoms with Crippen molar-refractivity contribution in [2.45, 2.75) is 0 Å². The zero-order valence-electron chi connectivity index (χ0n) is 10.2. The number of hydrogen-bond acceptors (Lipinski definition) is 6. The van der Waals surface area contributed by atoms with Crippen LogP contribution in [0.3, 0.4) is 0 Å². The van der Waals surface area contributed by atoms with Crippen molar-refractivity contribution in [2.24, 2.45) is 0 Å². The lowest BCUT2D eigenvalue weighted by Gasteiger charge is -2.13. The van der Waals surface area contributed by atoms with Gasteiger partial charge in [0, 0.05) is 12.3 Å². The quantitative estimate of drug-likeness (QED) is 0.856. The van der Waals surface area contributed by atoms with Crippen LogP contribution >= 0.6 is 23.1 Å². The first-order valence-corrected chi connectivity index (χ1v) is 7.35. The molecule has 19 heavy (non-hydrogen) atoms. The first-order chi connectivity index (χ1) is 9.11. The maximum atomic E-state index is 11.8. The molecule has 1 fully saturated rings. The summed E-state index contributed by atoms with van der Waals surface area (Å²) in [5.74, 6) is -0.102. The van der Waals surface area contributed by atoms with Crippen molar-refractivity contribution >= 4 is 45.9 Å². The number of esters is 1. The monoisotopic (exact) mass is 300 g/mol. The Hall–Kier alpha value is -1.54. The summed E-state index contributed by atoms with van der Waals surface area (Å²) < 4.78 is 4.62. The minimum atomic E-state index is -0.488. The highest BCUT2D eigenvalue weighted by Crippen LogP contribution is 2.23. The highest BCUT2D eigenvalue weighted by Gasteiger charge is 2.24. The van der Waals surface area contributed by atoms with E-state index in [0.717, 1.165) is 0 Å². The molecule has 0 unspecified atom stereocenters. The molecular weight excluding hydrogens is 288 g/mol. The first-order valence-electron chi connectivity index (χ1n) is 5.49. The van der Waals surface area contributed by atoms with Crippen LogP contribution in [0.15, 0.2) is 11.4 Å². The average Bonchev–Trinajstić information content (AvgIpc) is 2.99. The molecule has 0 aromatic carbocycles. The lowest BCUT2D eigenvalue weighted by atomic mass is 10.3. The molecule has 1 saturated heterocycles. The molecule has 1 N–H and O–H groups in total. The van der Waals surface area contributed by atoms with Gasteiger partial charge in [-0.1, -0.05) is 11.8 Å². The Morgan fingerprint density at radius 2 is 2.32 bits per heavy atom. The standard InChI is InChI=1S/C11H12N2O4S2/c1-17-10(15)9-7(2-4-18-9)12-8(14)6-13-3-5-19-11(13)16/h2,4H,3,5-6H2,1H3,(H,12,14). The van der Waals surface area contributed by atoms with E-state index in [2.05, 4.69) is 10.1 Å². The summed E-state index contributed by atoms with van der Waals surface area (Å²) in [6.07, 6.45) is 0. The summed E-state index contributed by atoms with van der Waals surface area (Å²) in [4.78, 5) is 36.4. The number of rotatable bonds is 4. The Labute approximate surface area is 118 Å². The molecule has 2 heterocycles. The maximum absolute atomic E-state index is 11.8. The Morgan fingerprint density at radius 3 is 2.95 bits per heavy atom. The van der Waals surface area contributed by atoms with Gasteiger partial charge in [-0.3, -0.25) is 9.59 Å². The molecule has 1 aromatic heterocycles. The van der Waals surface area contributed by atoms with Gasteiger partial charge in [0.2, 0.25) is 5.91 Å². The van der Waals surface area contributed by atoms with Gasteiger partial charge in [0.15, 0.2) is 0 Å². The Morgan fingerprint density at radius 1 is 1.53 bits per heavy atom. The second-order valence-corrected chi connectivity index (χ2v) is 5.70.